The number of thiazole rings is 1. The molecule has 0 unspecified atom stereocenters. The van der Waals surface area contributed by atoms with Crippen molar-refractivity contribution in [1.82, 2.24) is 15.2 Å². The number of carbonyl (C=O) groups is 3. The Morgan fingerprint density at radius 2 is 1.86 bits per heavy atom. The van der Waals surface area contributed by atoms with Gasteiger partial charge in [-0.1, -0.05) is 42.5 Å². The fraction of sp³-hybridized carbons (Fsp3) is 0.0476. The van der Waals surface area contributed by atoms with Crippen LogP contribution in [0.25, 0.3) is 6.08 Å². The van der Waals surface area contributed by atoms with Gasteiger partial charge >= 0.3 is 6.03 Å². The second-order valence-corrected chi connectivity index (χ2v) is 7.17. The highest BCUT2D eigenvalue weighted by atomic mass is 32.1. The molecule has 0 radical (unpaired) electrons. The molecule has 7 nitrogen and oxygen atoms in total. The molecule has 0 spiro atoms. The molecular formula is C21H16N4O3S. The third kappa shape index (κ3) is 4.22. The van der Waals surface area contributed by atoms with E-state index in [1.165, 1.54) is 11.3 Å². The van der Waals surface area contributed by atoms with Gasteiger partial charge in [-0.2, -0.15) is 0 Å². The van der Waals surface area contributed by atoms with E-state index >= 15 is 0 Å². The lowest BCUT2D eigenvalue weighted by atomic mass is 10.1. The summed E-state index contributed by atoms with van der Waals surface area (Å²) in [5.41, 5.74) is 2.26. The first kappa shape index (κ1) is 18.6. The van der Waals surface area contributed by atoms with E-state index in [9.17, 15) is 14.4 Å². The van der Waals surface area contributed by atoms with E-state index < -0.39 is 6.03 Å². The molecule has 0 aliphatic carbocycles. The van der Waals surface area contributed by atoms with Crippen LogP contribution in [0.5, 0.6) is 0 Å². The Bertz CT molecular complexity index is 1080. The van der Waals surface area contributed by atoms with Gasteiger partial charge in [0.15, 0.2) is 5.13 Å². The second kappa shape index (κ2) is 8.07. The zero-order valence-corrected chi connectivity index (χ0v) is 16.0. The zero-order valence-electron chi connectivity index (χ0n) is 15.2. The minimum atomic E-state index is -0.470. The lowest BCUT2D eigenvalue weighted by molar-refractivity contribution is -0.123. The van der Waals surface area contributed by atoms with Crippen molar-refractivity contribution in [2.45, 2.75) is 6.54 Å². The highest BCUT2D eigenvalue weighted by Crippen LogP contribution is 2.18. The van der Waals surface area contributed by atoms with Crippen LogP contribution < -0.4 is 10.6 Å². The smallest absolute Gasteiger partial charge is 0.303 e. The monoisotopic (exact) mass is 404 g/mol. The molecule has 1 fully saturated rings. The first-order chi connectivity index (χ1) is 14.1. The second-order valence-electron chi connectivity index (χ2n) is 6.28. The van der Waals surface area contributed by atoms with Gasteiger partial charge in [-0.05, 0) is 29.3 Å². The normalized spacial score (nSPS) is 14.9. The van der Waals surface area contributed by atoms with Gasteiger partial charge in [-0.3, -0.25) is 19.8 Å². The molecule has 2 N–H and O–H groups in total. The molecule has 0 bridgehead atoms. The highest BCUT2D eigenvalue weighted by Gasteiger charge is 2.33. The van der Waals surface area contributed by atoms with Crippen LogP contribution in [0, 0.1) is 0 Å². The van der Waals surface area contributed by atoms with Crippen LogP contribution in [0.3, 0.4) is 0 Å². The number of rotatable bonds is 5. The summed E-state index contributed by atoms with van der Waals surface area (Å²) in [6, 6.07) is 15.6. The number of nitrogens with one attached hydrogen (secondary N) is 2. The number of amides is 4. The molecule has 2 heterocycles. The SMILES string of the molecule is O=C(Nc1nccs1)c1ccc(CN2C(=O)N/C(=C\c3ccccc3)C2=O)cc1. The van der Waals surface area contributed by atoms with E-state index in [4.69, 9.17) is 0 Å². The Labute approximate surface area is 170 Å². The third-order valence-corrected chi connectivity index (χ3v) is 4.97. The van der Waals surface area contributed by atoms with Gasteiger partial charge in [-0.25, -0.2) is 9.78 Å². The topological polar surface area (TPSA) is 91.4 Å². The standard InChI is InChI=1S/C21H16N4O3S/c26-18(24-20-22-10-11-29-20)16-8-6-15(7-9-16)13-25-19(27)17(23-21(25)28)12-14-4-2-1-3-5-14/h1-12H,13H2,(H,23,28)(H,22,24,26)/b17-12-. The molecule has 4 amide bonds. The first-order valence-corrected chi connectivity index (χ1v) is 9.67. The van der Waals surface area contributed by atoms with Crippen molar-refractivity contribution in [3.63, 3.8) is 0 Å². The Balaban J connectivity index is 1.43. The van der Waals surface area contributed by atoms with Crippen LogP contribution in [-0.4, -0.2) is 27.7 Å². The number of anilines is 1. The summed E-state index contributed by atoms with van der Waals surface area (Å²) in [6.07, 6.45) is 3.26. The van der Waals surface area contributed by atoms with Crippen LogP contribution in [-0.2, 0) is 11.3 Å². The average Bonchev–Trinajstić information content (AvgIpc) is 3.33. The van der Waals surface area contributed by atoms with Crippen molar-refractivity contribution in [3.05, 3.63) is 88.6 Å². The van der Waals surface area contributed by atoms with Crippen LogP contribution in [0.2, 0.25) is 0 Å². The number of hydrogen-bond donors (Lipinski definition) is 2. The fourth-order valence-electron chi connectivity index (χ4n) is 2.83. The van der Waals surface area contributed by atoms with E-state index in [0.29, 0.717) is 10.7 Å². The minimum absolute atomic E-state index is 0.116. The molecule has 1 aliphatic rings. The van der Waals surface area contributed by atoms with Crippen molar-refractivity contribution in [2.24, 2.45) is 0 Å². The lowest BCUT2D eigenvalue weighted by Gasteiger charge is -2.12. The van der Waals surface area contributed by atoms with Gasteiger partial charge in [0.1, 0.15) is 5.70 Å². The summed E-state index contributed by atoms with van der Waals surface area (Å²) in [6.45, 7) is 0.116. The van der Waals surface area contributed by atoms with Crippen LogP contribution in [0.15, 0.2) is 71.9 Å². The van der Waals surface area contributed by atoms with Gasteiger partial charge in [0, 0.05) is 17.1 Å². The summed E-state index contributed by atoms with van der Waals surface area (Å²) in [5, 5.41) is 7.61. The zero-order chi connectivity index (χ0) is 20.2. The predicted octanol–water partition coefficient (Wildman–Crippen LogP) is 3.49. The van der Waals surface area contributed by atoms with Crippen LogP contribution >= 0.6 is 11.3 Å². The third-order valence-electron chi connectivity index (χ3n) is 4.28. The predicted molar refractivity (Wildman–Crippen MR) is 110 cm³/mol. The molecular weight excluding hydrogens is 388 g/mol. The van der Waals surface area contributed by atoms with Crippen LogP contribution in [0.4, 0.5) is 9.93 Å². The van der Waals surface area contributed by atoms with Crippen molar-refractivity contribution in [1.29, 1.82) is 0 Å². The molecule has 144 valence electrons. The molecule has 29 heavy (non-hydrogen) atoms. The number of urea groups is 1. The van der Waals surface area contributed by atoms with Gasteiger partial charge in [0.2, 0.25) is 0 Å². The quantitative estimate of drug-likeness (QED) is 0.503. The Hall–Kier alpha value is -3.78. The first-order valence-electron chi connectivity index (χ1n) is 8.79. The summed E-state index contributed by atoms with van der Waals surface area (Å²) >= 11 is 1.33. The Morgan fingerprint density at radius 3 is 2.55 bits per heavy atom. The maximum Gasteiger partial charge on any atom is 0.329 e. The molecule has 0 atom stereocenters. The van der Waals surface area contributed by atoms with Gasteiger partial charge in [-0.15, -0.1) is 11.3 Å². The van der Waals surface area contributed by atoms with Gasteiger partial charge in [0.25, 0.3) is 11.8 Å². The van der Waals surface area contributed by atoms with E-state index in [2.05, 4.69) is 15.6 Å². The molecule has 1 saturated heterocycles. The van der Waals surface area contributed by atoms with Gasteiger partial charge in [0.05, 0.1) is 6.54 Å². The number of carbonyl (C=O) groups excluding carboxylic acids is 3. The van der Waals surface area contributed by atoms with Gasteiger partial charge < -0.3 is 5.32 Å². The number of benzene rings is 2. The number of hydrogen-bond acceptors (Lipinski definition) is 5. The molecule has 1 aromatic heterocycles. The van der Waals surface area contributed by atoms with E-state index in [0.717, 1.165) is 16.0 Å². The summed E-state index contributed by atoms with van der Waals surface area (Å²) in [5.74, 6) is -0.654. The lowest BCUT2D eigenvalue weighted by Crippen LogP contribution is -2.30. The average molecular weight is 404 g/mol. The summed E-state index contributed by atoms with van der Waals surface area (Å²) in [4.78, 5) is 42.2. The largest absolute Gasteiger partial charge is 0.329 e. The maximum absolute atomic E-state index is 12.6. The van der Waals surface area contributed by atoms with Crippen molar-refractivity contribution in [3.8, 4) is 0 Å². The number of nitrogens with zero attached hydrogens (tertiary/aromatic N) is 2. The Kier molecular flexibility index (Phi) is 5.17. The molecule has 3 aromatic rings. The fourth-order valence-corrected chi connectivity index (χ4v) is 3.35. The number of aromatic nitrogens is 1. The molecule has 1 aliphatic heterocycles. The Morgan fingerprint density at radius 1 is 1.10 bits per heavy atom. The van der Waals surface area contributed by atoms with Crippen molar-refractivity contribution < 1.29 is 14.4 Å². The van der Waals surface area contributed by atoms with Crippen molar-refractivity contribution in [2.75, 3.05) is 5.32 Å². The van der Waals surface area contributed by atoms with Crippen LogP contribution in [0.1, 0.15) is 21.5 Å². The molecule has 8 heteroatoms. The minimum Gasteiger partial charge on any atom is -0.303 e. The van der Waals surface area contributed by atoms with E-state index in [1.807, 2.05) is 30.3 Å². The van der Waals surface area contributed by atoms with Crippen molar-refractivity contribution >= 4 is 40.4 Å². The van der Waals surface area contributed by atoms with E-state index in [1.54, 1.807) is 41.9 Å². The summed E-state index contributed by atoms with van der Waals surface area (Å²) < 4.78 is 0. The maximum atomic E-state index is 12.6. The summed E-state index contributed by atoms with van der Waals surface area (Å²) in [7, 11) is 0. The van der Waals surface area contributed by atoms with E-state index in [-0.39, 0.29) is 24.1 Å². The highest BCUT2D eigenvalue weighted by molar-refractivity contribution is 7.13. The molecule has 2 aromatic carbocycles. The molecule has 0 saturated carbocycles. The molecule has 4 rings (SSSR count). The number of imide groups is 1.